The molecule has 0 bridgehead atoms. The van der Waals surface area contributed by atoms with Gasteiger partial charge in [0, 0.05) is 32.6 Å². The maximum absolute atomic E-state index is 11.0. The quantitative estimate of drug-likeness (QED) is 0.826. The molecule has 0 saturated carbocycles. The topological polar surface area (TPSA) is 82.5 Å². The molecular weight excluding hydrogens is 246 g/mol. The lowest BCUT2D eigenvalue weighted by Crippen LogP contribution is -2.35. The largest absolute Gasteiger partial charge is 0.477 e. The highest BCUT2D eigenvalue weighted by Gasteiger charge is 2.23. The van der Waals surface area contributed by atoms with Crippen molar-refractivity contribution < 1.29 is 14.7 Å². The molecule has 0 spiro atoms. The monoisotopic (exact) mass is 263 g/mol. The lowest BCUT2D eigenvalue weighted by molar-refractivity contribution is -0.119. The second-order valence-electron chi connectivity index (χ2n) is 4.74. The third kappa shape index (κ3) is 3.75. The second kappa shape index (κ2) is 5.79. The number of carboxylic acids is 1. The van der Waals surface area contributed by atoms with Crippen LogP contribution in [0.3, 0.4) is 0 Å². The Labute approximate surface area is 111 Å². The van der Waals surface area contributed by atoms with E-state index in [1.807, 2.05) is 6.07 Å². The van der Waals surface area contributed by atoms with Gasteiger partial charge in [-0.25, -0.2) is 9.78 Å². The summed E-state index contributed by atoms with van der Waals surface area (Å²) in [6, 6.07) is 5.18. The van der Waals surface area contributed by atoms with E-state index < -0.39 is 5.97 Å². The van der Waals surface area contributed by atoms with Gasteiger partial charge in [0.2, 0.25) is 5.91 Å². The molecule has 1 aromatic rings. The van der Waals surface area contributed by atoms with Crippen LogP contribution < -0.4 is 5.32 Å². The molecule has 6 nitrogen and oxygen atoms in total. The minimum absolute atomic E-state index is 0.0159. The van der Waals surface area contributed by atoms with Crippen LogP contribution in [0.4, 0.5) is 0 Å². The van der Waals surface area contributed by atoms with Crippen molar-refractivity contribution >= 4 is 11.9 Å². The third-order valence-electron chi connectivity index (χ3n) is 3.09. The van der Waals surface area contributed by atoms with Crippen LogP contribution in [-0.2, 0) is 11.3 Å². The van der Waals surface area contributed by atoms with E-state index in [0.29, 0.717) is 6.54 Å². The number of amides is 1. The van der Waals surface area contributed by atoms with Gasteiger partial charge in [0.25, 0.3) is 0 Å². The number of likely N-dealkylation sites (tertiary alicyclic amines) is 1. The summed E-state index contributed by atoms with van der Waals surface area (Å²) in [5.74, 6) is -1.03. The number of rotatable bonds is 4. The predicted molar refractivity (Wildman–Crippen MR) is 68.7 cm³/mol. The average Bonchev–Trinajstić information content (AvgIpc) is 2.76. The van der Waals surface area contributed by atoms with E-state index in [2.05, 4.69) is 15.2 Å². The van der Waals surface area contributed by atoms with Crippen molar-refractivity contribution in [2.45, 2.75) is 25.9 Å². The standard InChI is InChI=1S/C13H17N3O3/c1-9(17)14-11-5-6-16(8-11)7-10-3-2-4-12(15-10)13(18)19/h2-4,11H,5-8H2,1H3,(H,14,17)(H,18,19). The number of nitrogens with one attached hydrogen (secondary N) is 1. The zero-order chi connectivity index (χ0) is 13.8. The van der Waals surface area contributed by atoms with E-state index in [1.165, 1.54) is 13.0 Å². The Bertz CT molecular complexity index is 490. The number of carboxylic acid groups (broad SMARTS) is 1. The zero-order valence-electron chi connectivity index (χ0n) is 10.8. The lowest BCUT2D eigenvalue weighted by atomic mass is 10.2. The number of carbonyl (C=O) groups excluding carboxylic acids is 1. The minimum Gasteiger partial charge on any atom is -0.477 e. The Balaban J connectivity index is 1.93. The van der Waals surface area contributed by atoms with Crippen LogP contribution in [0.2, 0.25) is 0 Å². The van der Waals surface area contributed by atoms with Crippen molar-refractivity contribution in [1.29, 1.82) is 0 Å². The van der Waals surface area contributed by atoms with Crippen LogP contribution in [0.5, 0.6) is 0 Å². The van der Waals surface area contributed by atoms with Gasteiger partial charge in [-0.1, -0.05) is 6.07 Å². The molecule has 1 aromatic heterocycles. The summed E-state index contributed by atoms with van der Waals surface area (Å²) in [4.78, 5) is 28.1. The molecule has 1 fully saturated rings. The second-order valence-corrected chi connectivity index (χ2v) is 4.74. The van der Waals surface area contributed by atoms with Gasteiger partial charge in [0.1, 0.15) is 5.69 Å². The molecule has 19 heavy (non-hydrogen) atoms. The molecule has 2 rings (SSSR count). The molecule has 1 saturated heterocycles. The first-order valence-corrected chi connectivity index (χ1v) is 6.23. The SMILES string of the molecule is CC(=O)NC1CCN(Cc2cccc(C(=O)O)n2)C1. The molecule has 1 amide bonds. The number of carbonyl (C=O) groups is 2. The fraction of sp³-hybridized carbons (Fsp3) is 0.462. The number of hydrogen-bond acceptors (Lipinski definition) is 4. The molecule has 1 aliphatic heterocycles. The maximum Gasteiger partial charge on any atom is 0.354 e. The van der Waals surface area contributed by atoms with E-state index in [4.69, 9.17) is 5.11 Å². The van der Waals surface area contributed by atoms with Gasteiger partial charge in [-0.3, -0.25) is 9.69 Å². The average molecular weight is 263 g/mol. The molecule has 1 atom stereocenters. The summed E-state index contributed by atoms with van der Waals surface area (Å²) in [5.41, 5.74) is 0.804. The molecule has 1 unspecified atom stereocenters. The van der Waals surface area contributed by atoms with Gasteiger partial charge in [-0.05, 0) is 18.6 Å². The highest BCUT2D eigenvalue weighted by molar-refractivity contribution is 5.85. The molecule has 1 aliphatic rings. The van der Waals surface area contributed by atoms with Crippen LogP contribution in [0, 0.1) is 0 Å². The normalized spacial score (nSPS) is 19.3. The molecule has 6 heteroatoms. The van der Waals surface area contributed by atoms with Crippen LogP contribution in [0.15, 0.2) is 18.2 Å². The number of aromatic carboxylic acids is 1. The van der Waals surface area contributed by atoms with E-state index in [0.717, 1.165) is 25.2 Å². The van der Waals surface area contributed by atoms with E-state index in [9.17, 15) is 9.59 Å². The van der Waals surface area contributed by atoms with Gasteiger partial charge >= 0.3 is 5.97 Å². The van der Waals surface area contributed by atoms with Crippen LogP contribution in [0.1, 0.15) is 29.5 Å². The first-order chi connectivity index (χ1) is 9.04. The van der Waals surface area contributed by atoms with Crippen molar-refractivity contribution in [3.63, 3.8) is 0 Å². The number of nitrogens with zero attached hydrogens (tertiary/aromatic N) is 2. The van der Waals surface area contributed by atoms with Crippen molar-refractivity contribution in [2.75, 3.05) is 13.1 Å². The summed E-state index contributed by atoms with van der Waals surface area (Å²) in [6.45, 7) is 3.78. The van der Waals surface area contributed by atoms with Crippen LogP contribution in [0.25, 0.3) is 0 Å². The number of pyridine rings is 1. The Morgan fingerprint density at radius 1 is 1.53 bits per heavy atom. The van der Waals surface area contributed by atoms with E-state index in [-0.39, 0.29) is 17.6 Å². The predicted octanol–water partition coefficient (Wildman–Crippen LogP) is 0.490. The molecule has 102 valence electrons. The zero-order valence-corrected chi connectivity index (χ0v) is 10.8. The highest BCUT2D eigenvalue weighted by atomic mass is 16.4. The van der Waals surface area contributed by atoms with Gasteiger partial charge < -0.3 is 10.4 Å². The summed E-state index contributed by atoms with van der Waals surface area (Å²) in [6.07, 6.45) is 0.915. The summed E-state index contributed by atoms with van der Waals surface area (Å²) in [5, 5.41) is 11.8. The van der Waals surface area contributed by atoms with Crippen molar-refractivity contribution in [2.24, 2.45) is 0 Å². The minimum atomic E-state index is -1.01. The molecule has 0 radical (unpaired) electrons. The maximum atomic E-state index is 11.0. The smallest absolute Gasteiger partial charge is 0.354 e. The van der Waals surface area contributed by atoms with Gasteiger partial charge in [-0.15, -0.1) is 0 Å². The summed E-state index contributed by atoms with van der Waals surface area (Å²) >= 11 is 0. The van der Waals surface area contributed by atoms with Crippen LogP contribution in [-0.4, -0.2) is 46.0 Å². The fourth-order valence-electron chi connectivity index (χ4n) is 2.30. The number of hydrogen-bond donors (Lipinski definition) is 2. The molecule has 0 aromatic carbocycles. The molecular formula is C13H17N3O3. The van der Waals surface area contributed by atoms with E-state index >= 15 is 0 Å². The number of aromatic nitrogens is 1. The molecule has 0 aliphatic carbocycles. The lowest BCUT2D eigenvalue weighted by Gasteiger charge is -2.15. The fourth-order valence-corrected chi connectivity index (χ4v) is 2.30. The third-order valence-corrected chi connectivity index (χ3v) is 3.09. The summed E-state index contributed by atoms with van der Waals surface area (Å²) < 4.78 is 0. The van der Waals surface area contributed by atoms with Crippen molar-refractivity contribution in [3.05, 3.63) is 29.6 Å². The Kier molecular flexibility index (Phi) is 4.11. The summed E-state index contributed by atoms with van der Waals surface area (Å²) in [7, 11) is 0. The Morgan fingerprint density at radius 3 is 3.00 bits per heavy atom. The molecule has 2 N–H and O–H groups in total. The van der Waals surface area contributed by atoms with E-state index in [1.54, 1.807) is 6.07 Å². The first kappa shape index (κ1) is 13.5. The van der Waals surface area contributed by atoms with Crippen molar-refractivity contribution in [3.8, 4) is 0 Å². The van der Waals surface area contributed by atoms with Crippen LogP contribution >= 0.6 is 0 Å². The molecule has 2 heterocycles. The van der Waals surface area contributed by atoms with Gasteiger partial charge in [0.15, 0.2) is 0 Å². The first-order valence-electron chi connectivity index (χ1n) is 6.23. The Hall–Kier alpha value is -1.95. The van der Waals surface area contributed by atoms with Gasteiger partial charge in [0.05, 0.1) is 5.69 Å². The Morgan fingerprint density at radius 2 is 2.32 bits per heavy atom. The highest BCUT2D eigenvalue weighted by Crippen LogP contribution is 2.12. The van der Waals surface area contributed by atoms with Crippen molar-refractivity contribution in [1.82, 2.24) is 15.2 Å². The van der Waals surface area contributed by atoms with Gasteiger partial charge in [-0.2, -0.15) is 0 Å².